The topological polar surface area (TPSA) is 73.0 Å². The Morgan fingerprint density at radius 3 is 3.00 bits per heavy atom. The van der Waals surface area contributed by atoms with E-state index < -0.39 is 0 Å². The maximum Gasteiger partial charge on any atom is 0.191 e. The van der Waals surface area contributed by atoms with E-state index in [0.29, 0.717) is 0 Å². The highest BCUT2D eigenvalue weighted by molar-refractivity contribution is 7.98. The van der Waals surface area contributed by atoms with Crippen molar-refractivity contribution in [2.24, 2.45) is 0 Å². The molecular formula is C24H24N6OS. The number of nitrogens with one attached hydrogen (secondary N) is 1. The minimum atomic E-state index is 0.201. The molecule has 0 amide bonds. The van der Waals surface area contributed by atoms with Crippen molar-refractivity contribution in [3.63, 3.8) is 0 Å². The number of ether oxygens (including phenoxy) is 1. The summed E-state index contributed by atoms with van der Waals surface area (Å²) in [6, 6.07) is 12.4. The molecule has 0 radical (unpaired) electrons. The van der Waals surface area contributed by atoms with Crippen molar-refractivity contribution in [1.29, 1.82) is 0 Å². The molecule has 5 aromatic rings. The molecule has 162 valence electrons. The zero-order valence-electron chi connectivity index (χ0n) is 17.9. The predicted octanol–water partition coefficient (Wildman–Crippen LogP) is 4.85. The third-order valence-corrected chi connectivity index (χ3v) is 6.96. The first-order valence-corrected chi connectivity index (χ1v) is 11.9. The number of aromatic amines is 1. The van der Waals surface area contributed by atoms with Gasteiger partial charge in [-0.3, -0.25) is 4.57 Å². The van der Waals surface area contributed by atoms with Crippen molar-refractivity contribution in [3.05, 3.63) is 66.2 Å². The summed E-state index contributed by atoms with van der Waals surface area (Å²) in [7, 11) is 0. The SMILES string of the molecule is Cc1ccc2nc(CSc3nnc(-c4c[nH]c5ccccc45)n3CC3CCCO3)cn2c1. The Morgan fingerprint density at radius 2 is 2.09 bits per heavy atom. The standard InChI is InChI=1S/C24H24N6OS/c1-16-8-9-22-26-17(13-29(22)12-16)15-32-24-28-27-23(30(24)14-18-5-4-10-31-18)20-11-25-21-7-3-2-6-19(20)21/h2-3,6-9,11-13,18,25H,4-5,10,14-15H2,1H3. The molecule has 1 aliphatic heterocycles. The van der Waals surface area contributed by atoms with Crippen LogP contribution < -0.4 is 0 Å². The molecular weight excluding hydrogens is 420 g/mol. The second kappa shape index (κ2) is 8.11. The first-order valence-electron chi connectivity index (χ1n) is 10.9. The number of thioether (sulfide) groups is 1. The fraction of sp³-hybridized carbons (Fsp3) is 0.292. The lowest BCUT2D eigenvalue weighted by Gasteiger charge is -2.14. The van der Waals surface area contributed by atoms with E-state index in [2.05, 4.69) is 73.8 Å². The van der Waals surface area contributed by atoms with Crippen molar-refractivity contribution < 1.29 is 4.74 Å². The van der Waals surface area contributed by atoms with E-state index in [1.165, 1.54) is 5.56 Å². The van der Waals surface area contributed by atoms with Crippen LogP contribution in [-0.4, -0.2) is 41.8 Å². The molecule has 0 aliphatic carbocycles. The fourth-order valence-corrected chi connectivity index (χ4v) is 5.20. The van der Waals surface area contributed by atoms with Crippen molar-refractivity contribution in [3.8, 4) is 11.4 Å². The Balaban J connectivity index is 1.33. The first-order chi connectivity index (χ1) is 15.7. The Labute approximate surface area is 189 Å². The van der Waals surface area contributed by atoms with Crippen molar-refractivity contribution in [2.45, 2.75) is 43.3 Å². The quantitative estimate of drug-likeness (QED) is 0.379. The molecule has 6 rings (SSSR count). The zero-order valence-corrected chi connectivity index (χ0v) is 18.7. The van der Waals surface area contributed by atoms with E-state index in [1.54, 1.807) is 11.8 Å². The highest BCUT2D eigenvalue weighted by atomic mass is 32.2. The lowest BCUT2D eigenvalue weighted by molar-refractivity contribution is 0.0953. The van der Waals surface area contributed by atoms with Gasteiger partial charge in [0.05, 0.1) is 18.3 Å². The number of benzene rings is 1. The summed E-state index contributed by atoms with van der Waals surface area (Å²) in [6.45, 7) is 3.68. The summed E-state index contributed by atoms with van der Waals surface area (Å²) < 4.78 is 10.2. The second-order valence-corrected chi connectivity index (χ2v) is 9.24. The number of fused-ring (bicyclic) bond motifs is 2. The average molecular weight is 445 g/mol. The molecule has 0 saturated carbocycles. The van der Waals surface area contributed by atoms with Gasteiger partial charge >= 0.3 is 0 Å². The van der Waals surface area contributed by atoms with Crippen LogP contribution in [0.25, 0.3) is 27.9 Å². The van der Waals surface area contributed by atoms with Crippen LogP contribution in [0.15, 0.2) is 60.1 Å². The molecule has 7 nitrogen and oxygen atoms in total. The molecule has 1 atom stereocenters. The molecule has 5 heterocycles. The Morgan fingerprint density at radius 1 is 1.16 bits per heavy atom. The number of para-hydroxylation sites is 1. The van der Waals surface area contributed by atoms with E-state index >= 15 is 0 Å². The number of imidazole rings is 1. The van der Waals surface area contributed by atoms with Gasteiger partial charge in [-0.25, -0.2) is 4.98 Å². The molecule has 1 aromatic carbocycles. The molecule has 1 aliphatic rings. The van der Waals surface area contributed by atoms with E-state index in [4.69, 9.17) is 9.72 Å². The van der Waals surface area contributed by atoms with Crippen LogP contribution in [0.2, 0.25) is 0 Å². The number of H-pyrrole nitrogens is 1. The van der Waals surface area contributed by atoms with E-state index in [9.17, 15) is 0 Å². The number of aromatic nitrogens is 6. The van der Waals surface area contributed by atoms with Gasteiger partial charge in [-0.05, 0) is 37.5 Å². The second-order valence-electron chi connectivity index (χ2n) is 8.29. The smallest absolute Gasteiger partial charge is 0.191 e. The van der Waals surface area contributed by atoms with Crippen LogP contribution >= 0.6 is 11.8 Å². The van der Waals surface area contributed by atoms with Gasteiger partial charge in [-0.1, -0.05) is 36.0 Å². The summed E-state index contributed by atoms with van der Waals surface area (Å²) in [5, 5.41) is 11.2. The van der Waals surface area contributed by atoms with E-state index in [1.807, 2.05) is 12.3 Å². The Hall–Kier alpha value is -3.10. The number of aryl methyl sites for hydroxylation is 1. The molecule has 0 bridgehead atoms. The third kappa shape index (κ3) is 3.59. The van der Waals surface area contributed by atoms with Gasteiger partial charge < -0.3 is 14.1 Å². The number of hydrogen-bond acceptors (Lipinski definition) is 5. The molecule has 1 saturated heterocycles. The zero-order chi connectivity index (χ0) is 21.5. The molecule has 1 fully saturated rings. The fourth-order valence-electron chi connectivity index (χ4n) is 4.37. The van der Waals surface area contributed by atoms with Crippen LogP contribution in [-0.2, 0) is 17.0 Å². The molecule has 4 aromatic heterocycles. The van der Waals surface area contributed by atoms with E-state index in [-0.39, 0.29) is 6.10 Å². The van der Waals surface area contributed by atoms with E-state index in [0.717, 1.165) is 70.5 Å². The largest absolute Gasteiger partial charge is 0.376 e. The summed E-state index contributed by atoms with van der Waals surface area (Å²) in [5.74, 6) is 1.62. The lowest BCUT2D eigenvalue weighted by Crippen LogP contribution is -2.16. The van der Waals surface area contributed by atoms with Gasteiger partial charge in [0.2, 0.25) is 0 Å². The van der Waals surface area contributed by atoms with Crippen LogP contribution in [0.1, 0.15) is 24.1 Å². The van der Waals surface area contributed by atoms with Gasteiger partial charge in [0.15, 0.2) is 11.0 Å². The number of pyridine rings is 1. The summed E-state index contributed by atoms with van der Waals surface area (Å²) in [5.41, 5.74) is 5.38. The Bertz CT molecular complexity index is 1390. The molecule has 0 spiro atoms. The van der Waals surface area contributed by atoms with Crippen molar-refractivity contribution >= 4 is 28.3 Å². The highest BCUT2D eigenvalue weighted by Gasteiger charge is 2.23. The number of nitrogens with zero attached hydrogens (tertiary/aromatic N) is 5. The number of hydrogen-bond donors (Lipinski definition) is 1. The Kier molecular flexibility index (Phi) is 4.96. The highest BCUT2D eigenvalue weighted by Crippen LogP contribution is 2.32. The number of rotatable bonds is 6. The van der Waals surface area contributed by atoms with Crippen LogP contribution in [0.4, 0.5) is 0 Å². The third-order valence-electron chi connectivity index (χ3n) is 5.96. The molecule has 8 heteroatoms. The van der Waals surface area contributed by atoms with Crippen LogP contribution in [0.3, 0.4) is 0 Å². The first kappa shape index (κ1) is 19.6. The average Bonchev–Trinajstić information content (AvgIpc) is 3.59. The monoisotopic (exact) mass is 444 g/mol. The van der Waals surface area contributed by atoms with Crippen molar-refractivity contribution in [1.82, 2.24) is 29.1 Å². The summed E-state index contributed by atoms with van der Waals surface area (Å²) in [4.78, 5) is 8.12. The van der Waals surface area contributed by atoms with Gasteiger partial charge in [0.25, 0.3) is 0 Å². The molecule has 32 heavy (non-hydrogen) atoms. The lowest BCUT2D eigenvalue weighted by atomic mass is 10.1. The molecule has 1 N–H and O–H groups in total. The minimum Gasteiger partial charge on any atom is -0.376 e. The summed E-state index contributed by atoms with van der Waals surface area (Å²) in [6.07, 6.45) is 8.61. The van der Waals surface area contributed by atoms with Crippen LogP contribution in [0, 0.1) is 6.92 Å². The normalized spacial score (nSPS) is 16.5. The van der Waals surface area contributed by atoms with Gasteiger partial charge in [-0.2, -0.15) is 0 Å². The van der Waals surface area contributed by atoms with Crippen molar-refractivity contribution in [2.75, 3.05) is 6.61 Å². The van der Waals surface area contributed by atoms with Gasteiger partial charge in [0.1, 0.15) is 5.65 Å². The maximum absolute atomic E-state index is 5.95. The minimum absolute atomic E-state index is 0.201. The molecule has 1 unspecified atom stereocenters. The predicted molar refractivity (Wildman–Crippen MR) is 126 cm³/mol. The van der Waals surface area contributed by atoms with Gasteiger partial charge in [-0.15, -0.1) is 10.2 Å². The van der Waals surface area contributed by atoms with Gasteiger partial charge in [0, 0.05) is 47.4 Å². The summed E-state index contributed by atoms with van der Waals surface area (Å²) >= 11 is 1.67. The maximum atomic E-state index is 5.95. The van der Waals surface area contributed by atoms with Crippen LogP contribution in [0.5, 0.6) is 0 Å².